The number of fused-ring (bicyclic) bond motifs is 1. The Morgan fingerprint density at radius 3 is 2.71 bits per heavy atom. The molecule has 3 aromatic rings. The zero-order valence-corrected chi connectivity index (χ0v) is 17.0. The second kappa shape index (κ2) is 9.44. The van der Waals surface area contributed by atoms with Crippen molar-refractivity contribution in [2.45, 2.75) is 65.3 Å². The van der Waals surface area contributed by atoms with Crippen LogP contribution in [0.5, 0.6) is 0 Å². The molecule has 3 rings (SSSR count). The van der Waals surface area contributed by atoms with E-state index in [2.05, 4.69) is 39.4 Å². The molecule has 28 heavy (non-hydrogen) atoms. The number of amides is 1. The molecular weight excluding hydrogens is 350 g/mol. The summed E-state index contributed by atoms with van der Waals surface area (Å²) in [5.74, 6) is 0.672. The van der Waals surface area contributed by atoms with Gasteiger partial charge < -0.3 is 5.32 Å². The third-order valence-corrected chi connectivity index (χ3v) is 5.22. The van der Waals surface area contributed by atoms with Crippen molar-refractivity contribution in [2.75, 3.05) is 0 Å². The second-order valence-corrected chi connectivity index (χ2v) is 7.26. The van der Waals surface area contributed by atoms with E-state index in [0.29, 0.717) is 18.6 Å². The van der Waals surface area contributed by atoms with Gasteiger partial charge in [-0.25, -0.2) is 9.50 Å². The summed E-state index contributed by atoms with van der Waals surface area (Å²) in [6.45, 7) is 6.16. The molecule has 0 bridgehead atoms. The molecular formula is C22H29N5O. The van der Waals surface area contributed by atoms with E-state index in [4.69, 9.17) is 0 Å². The van der Waals surface area contributed by atoms with Gasteiger partial charge in [-0.3, -0.25) is 4.79 Å². The number of carbonyl (C=O) groups excluding carboxylic acids is 1. The Hall–Kier alpha value is -2.76. The molecule has 2 aromatic heterocycles. The van der Waals surface area contributed by atoms with E-state index in [1.807, 2.05) is 32.0 Å². The van der Waals surface area contributed by atoms with Crippen LogP contribution in [0.4, 0.5) is 0 Å². The van der Waals surface area contributed by atoms with Crippen LogP contribution in [-0.2, 0) is 11.2 Å². The summed E-state index contributed by atoms with van der Waals surface area (Å²) in [4.78, 5) is 21.3. The van der Waals surface area contributed by atoms with E-state index in [0.717, 1.165) is 29.8 Å². The standard InChI is InChI=1S/C22H29N5O/c1-4-5-7-12-20(18-10-8-6-9-11-18)26-21(28)14-13-19-16(2)25-22-23-15-24-27(22)17(19)3/h6,8-11,15,20H,4-5,7,12-14H2,1-3H3,(H,26,28). The minimum Gasteiger partial charge on any atom is -0.349 e. The SMILES string of the molecule is CCCCCC(NC(=O)CCc1c(C)nc2ncnn2c1C)c1ccccc1. The highest BCUT2D eigenvalue weighted by atomic mass is 16.1. The Bertz CT molecular complexity index is 919. The number of aromatic nitrogens is 4. The van der Waals surface area contributed by atoms with Crippen molar-refractivity contribution < 1.29 is 4.79 Å². The summed E-state index contributed by atoms with van der Waals surface area (Å²) in [5.41, 5.74) is 4.14. The Morgan fingerprint density at radius 1 is 1.18 bits per heavy atom. The van der Waals surface area contributed by atoms with Gasteiger partial charge in [0.1, 0.15) is 6.33 Å². The van der Waals surface area contributed by atoms with E-state index >= 15 is 0 Å². The Morgan fingerprint density at radius 2 is 1.96 bits per heavy atom. The van der Waals surface area contributed by atoms with Crippen LogP contribution >= 0.6 is 0 Å². The molecule has 6 heteroatoms. The van der Waals surface area contributed by atoms with Gasteiger partial charge in [-0.1, -0.05) is 56.5 Å². The van der Waals surface area contributed by atoms with Gasteiger partial charge >= 0.3 is 0 Å². The molecule has 0 radical (unpaired) electrons. The molecule has 1 aromatic carbocycles. The zero-order valence-electron chi connectivity index (χ0n) is 17.0. The maximum atomic E-state index is 12.7. The maximum absolute atomic E-state index is 12.7. The van der Waals surface area contributed by atoms with Crippen molar-refractivity contribution in [3.63, 3.8) is 0 Å². The van der Waals surface area contributed by atoms with Crippen LogP contribution in [0.3, 0.4) is 0 Å². The Labute approximate surface area is 166 Å². The van der Waals surface area contributed by atoms with Crippen LogP contribution < -0.4 is 5.32 Å². The molecule has 0 saturated heterocycles. The summed E-state index contributed by atoms with van der Waals surface area (Å²) in [6, 6.07) is 10.3. The third kappa shape index (κ3) is 4.74. The molecule has 0 aliphatic carbocycles. The first kappa shape index (κ1) is 20.0. The summed E-state index contributed by atoms with van der Waals surface area (Å²) in [6.07, 6.45) is 7.01. The predicted octanol–water partition coefficient (Wildman–Crippen LogP) is 4.11. The molecule has 0 fully saturated rings. The highest BCUT2D eigenvalue weighted by Gasteiger charge is 2.16. The molecule has 2 heterocycles. The van der Waals surface area contributed by atoms with Crippen LogP contribution in [0, 0.1) is 13.8 Å². The van der Waals surface area contributed by atoms with Crippen molar-refractivity contribution in [3.8, 4) is 0 Å². The normalized spacial score (nSPS) is 12.2. The molecule has 1 amide bonds. The summed E-state index contributed by atoms with van der Waals surface area (Å²) >= 11 is 0. The Balaban J connectivity index is 1.66. The van der Waals surface area contributed by atoms with Gasteiger partial charge in [0.05, 0.1) is 6.04 Å². The van der Waals surface area contributed by atoms with Gasteiger partial charge in [-0.15, -0.1) is 0 Å². The third-order valence-electron chi connectivity index (χ3n) is 5.22. The molecule has 0 aliphatic rings. The van der Waals surface area contributed by atoms with Gasteiger partial charge in [-0.05, 0) is 37.8 Å². The van der Waals surface area contributed by atoms with Crippen molar-refractivity contribution in [2.24, 2.45) is 0 Å². The lowest BCUT2D eigenvalue weighted by atomic mass is 9.99. The number of unbranched alkanes of at least 4 members (excludes halogenated alkanes) is 2. The van der Waals surface area contributed by atoms with E-state index in [9.17, 15) is 4.79 Å². The quantitative estimate of drug-likeness (QED) is 0.568. The van der Waals surface area contributed by atoms with Gasteiger partial charge in [-0.2, -0.15) is 10.1 Å². The first-order valence-electron chi connectivity index (χ1n) is 10.1. The average molecular weight is 380 g/mol. The van der Waals surface area contributed by atoms with E-state index in [-0.39, 0.29) is 11.9 Å². The number of rotatable bonds is 9. The van der Waals surface area contributed by atoms with Gasteiger partial charge in [0, 0.05) is 17.8 Å². The van der Waals surface area contributed by atoms with Crippen LogP contribution in [-0.4, -0.2) is 25.5 Å². The molecule has 148 valence electrons. The van der Waals surface area contributed by atoms with Gasteiger partial charge in [0.25, 0.3) is 5.78 Å². The molecule has 0 saturated carbocycles. The smallest absolute Gasteiger partial charge is 0.252 e. The average Bonchev–Trinajstić information content (AvgIpc) is 3.16. The first-order valence-corrected chi connectivity index (χ1v) is 10.1. The zero-order chi connectivity index (χ0) is 19.9. The van der Waals surface area contributed by atoms with Crippen molar-refractivity contribution in [1.82, 2.24) is 24.9 Å². The number of nitrogens with zero attached hydrogens (tertiary/aromatic N) is 4. The highest BCUT2D eigenvalue weighted by molar-refractivity contribution is 5.76. The molecule has 0 spiro atoms. The summed E-state index contributed by atoms with van der Waals surface area (Å²) in [7, 11) is 0. The van der Waals surface area contributed by atoms with Crippen LogP contribution in [0.15, 0.2) is 36.7 Å². The minimum absolute atomic E-state index is 0.0679. The predicted molar refractivity (Wildman–Crippen MR) is 110 cm³/mol. The van der Waals surface area contributed by atoms with Crippen LogP contribution in [0.25, 0.3) is 5.78 Å². The Kier molecular flexibility index (Phi) is 6.74. The number of aryl methyl sites for hydroxylation is 2. The van der Waals surface area contributed by atoms with E-state index in [1.54, 1.807) is 4.52 Å². The molecule has 0 aliphatic heterocycles. The van der Waals surface area contributed by atoms with Crippen molar-refractivity contribution >= 4 is 11.7 Å². The fraction of sp³-hybridized carbons (Fsp3) is 0.455. The lowest BCUT2D eigenvalue weighted by molar-refractivity contribution is -0.121. The summed E-state index contributed by atoms with van der Waals surface area (Å²) in [5, 5.41) is 7.46. The fourth-order valence-corrected chi connectivity index (χ4v) is 3.63. The van der Waals surface area contributed by atoms with E-state index < -0.39 is 0 Å². The highest BCUT2D eigenvalue weighted by Crippen LogP contribution is 2.21. The van der Waals surface area contributed by atoms with Crippen LogP contribution in [0.1, 0.15) is 67.6 Å². The number of benzene rings is 1. The molecule has 6 nitrogen and oxygen atoms in total. The number of nitrogens with one attached hydrogen (secondary N) is 1. The first-order chi connectivity index (χ1) is 13.6. The molecule has 1 unspecified atom stereocenters. The van der Waals surface area contributed by atoms with E-state index in [1.165, 1.54) is 24.7 Å². The topological polar surface area (TPSA) is 72.2 Å². The second-order valence-electron chi connectivity index (χ2n) is 7.26. The number of hydrogen-bond donors (Lipinski definition) is 1. The van der Waals surface area contributed by atoms with Gasteiger partial charge in [0.2, 0.25) is 5.91 Å². The molecule has 1 N–H and O–H groups in total. The fourth-order valence-electron chi connectivity index (χ4n) is 3.63. The lowest BCUT2D eigenvalue weighted by Gasteiger charge is -2.19. The lowest BCUT2D eigenvalue weighted by Crippen LogP contribution is -2.29. The number of hydrogen-bond acceptors (Lipinski definition) is 4. The maximum Gasteiger partial charge on any atom is 0.252 e. The largest absolute Gasteiger partial charge is 0.349 e. The monoisotopic (exact) mass is 379 g/mol. The summed E-state index contributed by atoms with van der Waals surface area (Å²) < 4.78 is 1.73. The minimum atomic E-state index is 0.0679. The number of carbonyl (C=O) groups is 1. The molecule has 1 atom stereocenters. The van der Waals surface area contributed by atoms with Crippen LogP contribution in [0.2, 0.25) is 0 Å². The van der Waals surface area contributed by atoms with Crippen molar-refractivity contribution in [1.29, 1.82) is 0 Å². The van der Waals surface area contributed by atoms with Crippen molar-refractivity contribution in [3.05, 3.63) is 59.2 Å². The van der Waals surface area contributed by atoms with Gasteiger partial charge in [0.15, 0.2) is 0 Å².